The van der Waals surface area contributed by atoms with Crippen molar-refractivity contribution in [2.24, 2.45) is 7.05 Å². The molecule has 4 nitrogen and oxygen atoms in total. The highest BCUT2D eigenvalue weighted by molar-refractivity contribution is 5.03. The van der Waals surface area contributed by atoms with Gasteiger partial charge in [0.25, 0.3) is 0 Å². The van der Waals surface area contributed by atoms with Gasteiger partial charge in [-0.1, -0.05) is 20.3 Å². The lowest BCUT2D eigenvalue weighted by molar-refractivity contribution is 0.176. The van der Waals surface area contributed by atoms with Gasteiger partial charge in [-0.3, -0.25) is 9.58 Å². The summed E-state index contributed by atoms with van der Waals surface area (Å²) in [4.78, 5) is 2.44. The third-order valence-electron chi connectivity index (χ3n) is 3.61. The quantitative estimate of drug-likeness (QED) is 0.768. The summed E-state index contributed by atoms with van der Waals surface area (Å²) in [7, 11) is 6.25. The standard InChI is InChI=1S/C14H28N4/c1-6-8-13(15-3)14(7-2)17(4)10-12-9-16-18(5)11-12/h9,11,13-15H,6-8,10H2,1-5H3. The summed E-state index contributed by atoms with van der Waals surface area (Å²) in [5.41, 5.74) is 1.28. The second-order valence-electron chi connectivity index (χ2n) is 5.10. The number of nitrogens with zero attached hydrogens (tertiary/aromatic N) is 3. The monoisotopic (exact) mass is 252 g/mol. The van der Waals surface area contributed by atoms with E-state index >= 15 is 0 Å². The number of aryl methyl sites for hydroxylation is 1. The molecule has 0 aliphatic heterocycles. The van der Waals surface area contributed by atoms with Crippen molar-refractivity contribution in [1.82, 2.24) is 20.0 Å². The second kappa shape index (κ2) is 7.54. The lowest BCUT2D eigenvalue weighted by Gasteiger charge is -2.33. The molecule has 1 aromatic rings. The minimum Gasteiger partial charge on any atom is -0.315 e. The molecule has 0 bridgehead atoms. The van der Waals surface area contributed by atoms with Gasteiger partial charge in [0.1, 0.15) is 0 Å². The molecular weight excluding hydrogens is 224 g/mol. The van der Waals surface area contributed by atoms with Gasteiger partial charge in [-0.25, -0.2) is 0 Å². The average molecular weight is 252 g/mol. The first-order chi connectivity index (χ1) is 8.62. The molecule has 1 heterocycles. The van der Waals surface area contributed by atoms with Crippen LogP contribution >= 0.6 is 0 Å². The molecule has 0 spiro atoms. The Hall–Kier alpha value is -0.870. The molecule has 4 heteroatoms. The van der Waals surface area contributed by atoms with Gasteiger partial charge in [0.15, 0.2) is 0 Å². The van der Waals surface area contributed by atoms with Crippen molar-refractivity contribution in [3.63, 3.8) is 0 Å². The van der Waals surface area contributed by atoms with Crippen LogP contribution in [0.3, 0.4) is 0 Å². The van der Waals surface area contributed by atoms with Crippen LogP contribution in [0.1, 0.15) is 38.7 Å². The van der Waals surface area contributed by atoms with Crippen LogP contribution in [0.15, 0.2) is 12.4 Å². The van der Waals surface area contributed by atoms with Gasteiger partial charge in [-0.05, 0) is 26.9 Å². The van der Waals surface area contributed by atoms with Gasteiger partial charge in [-0.15, -0.1) is 0 Å². The summed E-state index contributed by atoms with van der Waals surface area (Å²) in [6.45, 7) is 5.48. The van der Waals surface area contributed by atoms with Crippen LogP contribution in [0, 0.1) is 0 Å². The fourth-order valence-corrected chi connectivity index (χ4v) is 2.70. The van der Waals surface area contributed by atoms with Crippen LogP contribution in [-0.2, 0) is 13.6 Å². The molecule has 104 valence electrons. The van der Waals surface area contributed by atoms with Crippen molar-refractivity contribution in [3.05, 3.63) is 18.0 Å². The number of rotatable bonds is 8. The maximum Gasteiger partial charge on any atom is 0.0534 e. The Labute approximate surface area is 111 Å². The number of hydrogen-bond acceptors (Lipinski definition) is 3. The van der Waals surface area contributed by atoms with Crippen molar-refractivity contribution in [3.8, 4) is 0 Å². The largest absolute Gasteiger partial charge is 0.315 e. The van der Waals surface area contributed by atoms with Crippen molar-refractivity contribution >= 4 is 0 Å². The number of nitrogens with one attached hydrogen (secondary N) is 1. The van der Waals surface area contributed by atoms with E-state index in [9.17, 15) is 0 Å². The SMILES string of the molecule is CCCC(NC)C(CC)N(C)Cc1cnn(C)c1. The summed E-state index contributed by atoms with van der Waals surface area (Å²) in [5.74, 6) is 0. The smallest absolute Gasteiger partial charge is 0.0534 e. The highest BCUT2D eigenvalue weighted by atomic mass is 15.2. The molecule has 0 saturated heterocycles. The molecule has 1 rings (SSSR count). The number of likely N-dealkylation sites (N-methyl/N-ethyl adjacent to an activating group) is 2. The molecule has 1 N–H and O–H groups in total. The molecular formula is C14H28N4. The summed E-state index contributed by atoms with van der Waals surface area (Å²) in [6, 6.07) is 1.15. The summed E-state index contributed by atoms with van der Waals surface area (Å²) in [6.07, 6.45) is 7.67. The molecule has 0 fully saturated rings. The second-order valence-corrected chi connectivity index (χ2v) is 5.10. The highest BCUT2D eigenvalue weighted by Crippen LogP contribution is 2.14. The molecule has 2 unspecified atom stereocenters. The van der Waals surface area contributed by atoms with E-state index in [4.69, 9.17) is 0 Å². The minimum absolute atomic E-state index is 0.571. The van der Waals surface area contributed by atoms with Crippen molar-refractivity contribution < 1.29 is 0 Å². The van der Waals surface area contributed by atoms with Crippen molar-refractivity contribution in [2.45, 2.75) is 51.7 Å². The van der Waals surface area contributed by atoms with E-state index in [0.29, 0.717) is 12.1 Å². The van der Waals surface area contributed by atoms with E-state index in [1.807, 2.05) is 17.9 Å². The van der Waals surface area contributed by atoms with E-state index in [1.54, 1.807) is 0 Å². The third-order valence-corrected chi connectivity index (χ3v) is 3.61. The average Bonchev–Trinajstić information content (AvgIpc) is 2.74. The first-order valence-electron chi connectivity index (χ1n) is 6.97. The molecule has 0 saturated carbocycles. The predicted octanol–water partition coefficient (Wildman–Crippen LogP) is 2.02. The van der Waals surface area contributed by atoms with Crippen LogP contribution in [0.4, 0.5) is 0 Å². The topological polar surface area (TPSA) is 33.1 Å². The van der Waals surface area contributed by atoms with Gasteiger partial charge in [0.05, 0.1) is 6.20 Å². The van der Waals surface area contributed by atoms with E-state index in [-0.39, 0.29) is 0 Å². The van der Waals surface area contributed by atoms with Crippen LogP contribution in [0.5, 0.6) is 0 Å². The van der Waals surface area contributed by atoms with E-state index in [1.165, 1.54) is 24.8 Å². The Morgan fingerprint density at radius 1 is 1.44 bits per heavy atom. The Balaban J connectivity index is 2.63. The molecule has 0 aliphatic rings. The fourth-order valence-electron chi connectivity index (χ4n) is 2.70. The van der Waals surface area contributed by atoms with Crippen LogP contribution < -0.4 is 5.32 Å². The third kappa shape index (κ3) is 4.10. The Morgan fingerprint density at radius 3 is 2.61 bits per heavy atom. The molecule has 0 aromatic carbocycles. The van der Waals surface area contributed by atoms with Gasteiger partial charge in [-0.2, -0.15) is 5.10 Å². The summed E-state index contributed by atoms with van der Waals surface area (Å²) in [5, 5.41) is 7.69. The van der Waals surface area contributed by atoms with Gasteiger partial charge in [0.2, 0.25) is 0 Å². The summed E-state index contributed by atoms with van der Waals surface area (Å²) >= 11 is 0. The van der Waals surface area contributed by atoms with Gasteiger partial charge >= 0.3 is 0 Å². The first kappa shape index (κ1) is 15.2. The zero-order chi connectivity index (χ0) is 13.5. The van der Waals surface area contributed by atoms with Crippen LogP contribution in [-0.4, -0.2) is 40.9 Å². The van der Waals surface area contributed by atoms with Crippen LogP contribution in [0.2, 0.25) is 0 Å². The molecule has 0 amide bonds. The maximum atomic E-state index is 4.23. The number of aromatic nitrogens is 2. The molecule has 18 heavy (non-hydrogen) atoms. The first-order valence-corrected chi connectivity index (χ1v) is 6.97. The van der Waals surface area contributed by atoms with E-state index in [0.717, 1.165) is 6.54 Å². The summed E-state index contributed by atoms with van der Waals surface area (Å²) < 4.78 is 1.87. The van der Waals surface area contributed by atoms with Crippen LogP contribution in [0.25, 0.3) is 0 Å². The Kier molecular flexibility index (Phi) is 6.36. The zero-order valence-corrected chi connectivity index (χ0v) is 12.5. The Morgan fingerprint density at radius 2 is 2.17 bits per heavy atom. The van der Waals surface area contributed by atoms with E-state index < -0.39 is 0 Å². The maximum absolute atomic E-state index is 4.23. The normalized spacial score (nSPS) is 15.0. The molecule has 0 aliphatic carbocycles. The van der Waals surface area contributed by atoms with Crippen molar-refractivity contribution in [1.29, 1.82) is 0 Å². The van der Waals surface area contributed by atoms with Gasteiger partial charge < -0.3 is 5.32 Å². The lowest BCUT2D eigenvalue weighted by Crippen LogP contribution is -2.46. The lowest BCUT2D eigenvalue weighted by atomic mass is 9.99. The predicted molar refractivity (Wildman–Crippen MR) is 76.5 cm³/mol. The Bertz CT molecular complexity index is 334. The zero-order valence-electron chi connectivity index (χ0n) is 12.5. The number of hydrogen-bond donors (Lipinski definition) is 1. The van der Waals surface area contributed by atoms with Crippen molar-refractivity contribution in [2.75, 3.05) is 14.1 Å². The van der Waals surface area contributed by atoms with E-state index in [2.05, 4.69) is 49.5 Å². The van der Waals surface area contributed by atoms with Gasteiger partial charge in [0, 0.05) is 37.4 Å². The molecule has 1 aromatic heterocycles. The minimum atomic E-state index is 0.571. The fraction of sp³-hybridized carbons (Fsp3) is 0.786. The molecule has 2 atom stereocenters. The highest BCUT2D eigenvalue weighted by Gasteiger charge is 2.22. The molecule has 0 radical (unpaired) electrons.